The average Bonchev–Trinajstić information content (AvgIpc) is 1.85. The zero-order chi connectivity index (χ0) is 8.91. The molecule has 0 amide bonds. The van der Waals surface area contributed by atoms with Crippen molar-refractivity contribution in [1.29, 1.82) is 0 Å². The van der Waals surface area contributed by atoms with Gasteiger partial charge in [0.2, 0.25) is 0 Å². The van der Waals surface area contributed by atoms with E-state index in [1.165, 1.54) is 0 Å². The summed E-state index contributed by atoms with van der Waals surface area (Å²) in [6, 6.07) is 0. The molecule has 0 fully saturated rings. The molecule has 0 aliphatic carbocycles. The molecule has 7 heteroatoms. The van der Waals surface area contributed by atoms with E-state index in [4.69, 9.17) is 14.9 Å². The van der Waals surface area contributed by atoms with Crippen molar-refractivity contribution < 1.29 is 28.4 Å². The van der Waals surface area contributed by atoms with Crippen LogP contribution in [0.1, 0.15) is 0 Å². The first kappa shape index (κ1) is 10.7. The second kappa shape index (κ2) is 4.58. The van der Waals surface area contributed by atoms with Crippen LogP contribution in [0.2, 0.25) is 0 Å². The van der Waals surface area contributed by atoms with Crippen LogP contribution in [0.4, 0.5) is 4.39 Å². The fourth-order valence-electron chi connectivity index (χ4n) is 0.289. The fourth-order valence-corrected chi connectivity index (χ4v) is 0.558. The molecule has 0 heterocycles. The largest absolute Gasteiger partial charge is 0.469 e. The minimum atomic E-state index is -4.53. The summed E-state index contributed by atoms with van der Waals surface area (Å²) in [4.78, 5) is 16.2. The van der Waals surface area contributed by atoms with Gasteiger partial charge in [0, 0.05) is 0 Å². The van der Waals surface area contributed by atoms with Gasteiger partial charge in [0.15, 0.2) is 0 Å². The Morgan fingerprint density at radius 1 is 1.64 bits per heavy atom. The third-order valence-electron chi connectivity index (χ3n) is 0.699. The first-order valence-corrected chi connectivity index (χ1v) is 4.14. The number of halogens is 1. The van der Waals surface area contributed by atoms with Crippen molar-refractivity contribution in [2.24, 2.45) is 0 Å². The lowest BCUT2D eigenvalue weighted by atomic mass is 10.5. The maximum atomic E-state index is 12.0. The highest BCUT2D eigenvalue weighted by molar-refractivity contribution is 7.46. The average molecular weight is 186 g/mol. The summed E-state index contributed by atoms with van der Waals surface area (Å²) in [5.41, 5.74) is 0. The number of phosphoric acid groups is 1. The Balaban J connectivity index is 3.66. The van der Waals surface area contributed by atoms with Gasteiger partial charge in [-0.2, -0.15) is 0 Å². The molecule has 0 aromatic rings. The van der Waals surface area contributed by atoms with E-state index >= 15 is 0 Å². The molecule has 11 heavy (non-hydrogen) atoms. The first-order chi connectivity index (χ1) is 4.95. The Labute approximate surface area is 62.4 Å². The molecule has 0 aliphatic heterocycles. The van der Waals surface area contributed by atoms with Gasteiger partial charge in [-0.15, -0.1) is 0 Å². The minimum absolute atomic E-state index is 0.559. The van der Waals surface area contributed by atoms with Gasteiger partial charge in [-0.25, -0.2) is 8.96 Å². The van der Waals surface area contributed by atoms with Gasteiger partial charge < -0.3 is 14.9 Å². The van der Waals surface area contributed by atoms with E-state index in [2.05, 4.69) is 4.52 Å². The fraction of sp³-hybridized carbons (Fsp3) is 0.500. The van der Waals surface area contributed by atoms with Crippen LogP contribution in [0, 0.1) is 0 Å². The van der Waals surface area contributed by atoms with Crippen LogP contribution in [0.25, 0.3) is 0 Å². The SMILES string of the molecule is O=P(O)(O)OC/C=C(\F)CO. The van der Waals surface area contributed by atoms with Crippen molar-refractivity contribution in [1.82, 2.24) is 0 Å². The van der Waals surface area contributed by atoms with Gasteiger partial charge >= 0.3 is 7.82 Å². The van der Waals surface area contributed by atoms with E-state index in [0.717, 1.165) is 6.08 Å². The van der Waals surface area contributed by atoms with E-state index in [0.29, 0.717) is 0 Å². The normalized spacial score (nSPS) is 13.6. The maximum Gasteiger partial charge on any atom is 0.469 e. The van der Waals surface area contributed by atoms with Crippen LogP contribution >= 0.6 is 7.82 Å². The molecule has 3 N–H and O–H groups in total. The molecule has 0 aromatic carbocycles. The summed E-state index contributed by atoms with van der Waals surface area (Å²) >= 11 is 0. The summed E-state index contributed by atoms with van der Waals surface area (Å²) in [6.07, 6.45) is 0.735. The van der Waals surface area contributed by atoms with E-state index in [-0.39, 0.29) is 0 Å². The highest BCUT2D eigenvalue weighted by atomic mass is 31.2. The Hall–Kier alpha value is -0.260. The number of hydrogen-bond donors (Lipinski definition) is 3. The first-order valence-electron chi connectivity index (χ1n) is 2.61. The van der Waals surface area contributed by atoms with Gasteiger partial charge in [0.25, 0.3) is 0 Å². The lowest BCUT2D eigenvalue weighted by Gasteiger charge is -2.00. The zero-order valence-electron chi connectivity index (χ0n) is 5.47. The molecular weight excluding hydrogens is 178 g/mol. The van der Waals surface area contributed by atoms with E-state index in [1.54, 1.807) is 0 Å². The molecule has 0 aliphatic rings. The van der Waals surface area contributed by atoms with Gasteiger partial charge in [-0.05, 0) is 6.08 Å². The van der Waals surface area contributed by atoms with E-state index in [1.807, 2.05) is 0 Å². The Kier molecular flexibility index (Phi) is 4.48. The molecule has 0 aromatic heterocycles. The molecule has 0 radical (unpaired) electrons. The highest BCUT2D eigenvalue weighted by Crippen LogP contribution is 2.35. The quantitative estimate of drug-likeness (QED) is 0.535. The Morgan fingerprint density at radius 3 is 2.55 bits per heavy atom. The van der Waals surface area contributed by atoms with Crippen molar-refractivity contribution in [3.05, 3.63) is 11.9 Å². The summed E-state index contributed by atoms with van der Waals surface area (Å²) in [6.45, 7) is -1.36. The molecule has 5 nitrogen and oxygen atoms in total. The number of aliphatic hydroxyl groups is 1. The number of hydrogen-bond acceptors (Lipinski definition) is 3. The van der Waals surface area contributed by atoms with Crippen LogP contribution in [0.3, 0.4) is 0 Å². The van der Waals surface area contributed by atoms with Crippen LogP contribution in [-0.2, 0) is 9.09 Å². The van der Waals surface area contributed by atoms with Gasteiger partial charge in [0.05, 0.1) is 13.2 Å². The smallest absolute Gasteiger partial charge is 0.389 e. The third kappa shape index (κ3) is 7.64. The number of phosphoric ester groups is 1. The van der Waals surface area contributed by atoms with Gasteiger partial charge in [-0.1, -0.05) is 0 Å². The minimum Gasteiger partial charge on any atom is -0.389 e. The highest BCUT2D eigenvalue weighted by Gasteiger charge is 2.11. The van der Waals surface area contributed by atoms with Crippen LogP contribution in [0.5, 0.6) is 0 Å². The second-order valence-electron chi connectivity index (χ2n) is 1.60. The molecule has 0 rings (SSSR count). The molecule has 0 saturated carbocycles. The van der Waals surface area contributed by atoms with Crippen LogP contribution < -0.4 is 0 Å². The van der Waals surface area contributed by atoms with Crippen molar-refractivity contribution in [2.75, 3.05) is 13.2 Å². The summed E-state index contributed by atoms with van der Waals surface area (Å²) < 4.78 is 25.8. The molecule has 0 saturated heterocycles. The zero-order valence-corrected chi connectivity index (χ0v) is 6.37. The molecule has 66 valence electrons. The molecule has 0 atom stereocenters. The number of aliphatic hydroxyl groups excluding tert-OH is 1. The molecule has 0 bridgehead atoms. The van der Waals surface area contributed by atoms with Gasteiger partial charge in [-0.3, -0.25) is 4.52 Å². The Bertz CT molecular complexity index is 185. The maximum absolute atomic E-state index is 12.0. The molecular formula is C4H8FO5P. The monoisotopic (exact) mass is 186 g/mol. The predicted molar refractivity (Wildman–Crippen MR) is 34.3 cm³/mol. The summed E-state index contributed by atoms with van der Waals surface area (Å²) in [7, 11) is -4.53. The molecule has 0 spiro atoms. The Morgan fingerprint density at radius 2 is 2.18 bits per heavy atom. The standard InChI is InChI=1S/C4H8FO5P/c5-4(3-6)1-2-10-11(7,8)9/h1,6H,2-3H2,(H2,7,8,9)/b4-1-. The van der Waals surface area contributed by atoms with Gasteiger partial charge in [0.1, 0.15) is 5.83 Å². The lowest BCUT2D eigenvalue weighted by Crippen LogP contribution is -1.90. The van der Waals surface area contributed by atoms with Crippen molar-refractivity contribution >= 4 is 7.82 Å². The molecule has 0 unspecified atom stereocenters. The third-order valence-corrected chi connectivity index (χ3v) is 1.18. The van der Waals surface area contributed by atoms with Crippen molar-refractivity contribution in [3.8, 4) is 0 Å². The predicted octanol–water partition coefficient (Wildman–Crippen LogP) is -0.0586. The van der Waals surface area contributed by atoms with Crippen LogP contribution in [-0.4, -0.2) is 28.1 Å². The van der Waals surface area contributed by atoms with E-state index < -0.39 is 26.9 Å². The van der Waals surface area contributed by atoms with Crippen molar-refractivity contribution in [3.63, 3.8) is 0 Å². The van der Waals surface area contributed by atoms with Crippen molar-refractivity contribution in [2.45, 2.75) is 0 Å². The van der Waals surface area contributed by atoms with E-state index in [9.17, 15) is 8.96 Å². The summed E-state index contributed by atoms with van der Waals surface area (Å²) in [5.74, 6) is -0.890. The number of rotatable bonds is 4. The topological polar surface area (TPSA) is 87.0 Å². The van der Waals surface area contributed by atoms with Crippen LogP contribution in [0.15, 0.2) is 11.9 Å². The second-order valence-corrected chi connectivity index (χ2v) is 2.83. The summed E-state index contributed by atoms with van der Waals surface area (Å²) in [5, 5.41) is 8.07. The lowest BCUT2D eigenvalue weighted by molar-refractivity contribution is 0.213.